The second-order valence-corrected chi connectivity index (χ2v) is 6.69. The fourth-order valence-electron chi connectivity index (χ4n) is 2.31. The average molecular weight is 428 g/mol. The standard InChI is InChI=1S/C19H17Cl3N2O3/c1-23-19(25)18(24-26-2)14-6-4-3-5-13(14)11-27-16-8-7-12(9-15(16)20)10-17(21)22/h3-10H,11H2,1-2H3,(H,23,25). The van der Waals surface area contributed by atoms with Gasteiger partial charge in [0.2, 0.25) is 0 Å². The lowest BCUT2D eigenvalue weighted by molar-refractivity contribution is -0.114. The number of carbonyl (C=O) groups is 1. The summed E-state index contributed by atoms with van der Waals surface area (Å²) in [5.41, 5.74) is 2.26. The van der Waals surface area contributed by atoms with Gasteiger partial charge in [-0.2, -0.15) is 0 Å². The van der Waals surface area contributed by atoms with Crippen LogP contribution in [0.5, 0.6) is 5.75 Å². The number of amides is 1. The van der Waals surface area contributed by atoms with Gasteiger partial charge in [-0.05, 0) is 29.3 Å². The molecule has 0 aliphatic carbocycles. The molecule has 2 aromatic rings. The Balaban J connectivity index is 2.26. The molecule has 1 N–H and O–H groups in total. The molecule has 0 unspecified atom stereocenters. The van der Waals surface area contributed by atoms with E-state index < -0.39 is 0 Å². The summed E-state index contributed by atoms with van der Waals surface area (Å²) in [5.74, 6) is 0.121. The maximum atomic E-state index is 12.1. The monoisotopic (exact) mass is 426 g/mol. The lowest BCUT2D eigenvalue weighted by Gasteiger charge is -2.13. The maximum absolute atomic E-state index is 12.1. The molecule has 0 radical (unpaired) electrons. The van der Waals surface area contributed by atoms with Gasteiger partial charge in [0.05, 0.1) is 5.02 Å². The van der Waals surface area contributed by atoms with Gasteiger partial charge in [0, 0.05) is 12.6 Å². The number of carbonyl (C=O) groups excluding carboxylic acids is 1. The van der Waals surface area contributed by atoms with Gasteiger partial charge < -0.3 is 14.9 Å². The van der Waals surface area contributed by atoms with E-state index in [2.05, 4.69) is 10.5 Å². The molecule has 2 rings (SSSR count). The van der Waals surface area contributed by atoms with E-state index in [9.17, 15) is 4.79 Å². The molecule has 0 aliphatic rings. The highest BCUT2D eigenvalue weighted by molar-refractivity contribution is 6.57. The van der Waals surface area contributed by atoms with Crippen LogP contribution in [-0.4, -0.2) is 25.8 Å². The quantitative estimate of drug-likeness (QED) is 0.510. The van der Waals surface area contributed by atoms with Crippen LogP contribution in [0, 0.1) is 0 Å². The number of oxime groups is 1. The molecule has 0 aliphatic heterocycles. The molecule has 27 heavy (non-hydrogen) atoms. The molecular formula is C19H17Cl3N2O3. The van der Waals surface area contributed by atoms with Crippen molar-refractivity contribution in [2.45, 2.75) is 6.61 Å². The summed E-state index contributed by atoms with van der Waals surface area (Å²) in [6, 6.07) is 12.4. The van der Waals surface area contributed by atoms with E-state index in [-0.39, 0.29) is 22.7 Å². The van der Waals surface area contributed by atoms with Crippen LogP contribution < -0.4 is 10.1 Å². The number of nitrogens with one attached hydrogen (secondary N) is 1. The number of hydrogen-bond acceptors (Lipinski definition) is 4. The van der Waals surface area contributed by atoms with Crippen LogP contribution in [-0.2, 0) is 16.2 Å². The van der Waals surface area contributed by atoms with Crippen molar-refractivity contribution in [2.75, 3.05) is 14.2 Å². The third-order valence-electron chi connectivity index (χ3n) is 3.51. The fourth-order valence-corrected chi connectivity index (χ4v) is 2.80. The highest BCUT2D eigenvalue weighted by Gasteiger charge is 2.17. The van der Waals surface area contributed by atoms with Crippen molar-refractivity contribution in [3.05, 3.63) is 68.7 Å². The van der Waals surface area contributed by atoms with Crippen molar-refractivity contribution in [2.24, 2.45) is 5.16 Å². The second-order valence-electron chi connectivity index (χ2n) is 5.27. The van der Waals surface area contributed by atoms with Gasteiger partial charge in [-0.1, -0.05) is 70.3 Å². The predicted octanol–water partition coefficient (Wildman–Crippen LogP) is 4.79. The zero-order valence-corrected chi connectivity index (χ0v) is 16.9. The molecule has 0 spiro atoms. The SMILES string of the molecule is CNC(=O)C(=NOC)c1ccccc1COc1ccc(C=C(Cl)Cl)cc1Cl. The summed E-state index contributed by atoms with van der Waals surface area (Å²) in [5, 5.41) is 6.78. The van der Waals surface area contributed by atoms with Crippen LogP contribution in [0.15, 0.2) is 52.1 Å². The Kier molecular flexibility index (Phi) is 7.98. The third kappa shape index (κ3) is 5.89. The summed E-state index contributed by atoms with van der Waals surface area (Å²) < 4.78 is 5.95. The van der Waals surface area contributed by atoms with Crippen LogP contribution in [0.2, 0.25) is 5.02 Å². The summed E-state index contributed by atoms with van der Waals surface area (Å²) in [4.78, 5) is 16.9. The van der Waals surface area contributed by atoms with E-state index in [4.69, 9.17) is 44.4 Å². The molecule has 0 fully saturated rings. The number of benzene rings is 2. The number of hydrogen-bond donors (Lipinski definition) is 1. The van der Waals surface area contributed by atoms with Crippen molar-refractivity contribution in [3.63, 3.8) is 0 Å². The van der Waals surface area contributed by atoms with Gasteiger partial charge >= 0.3 is 0 Å². The summed E-state index contributed by atoms with van der Waals surface area (Å²) in [6.07, 6.45) is 1.57. The first-order chi connectivity index (χ1) is 13.0. The molecule has 1 amide bonds. The van der Waals surface area contributed by atoms with Crippen LogP contribution in [0.3, 0.4) is 0 Å². The molecule has 8 heteroatoms. The Hall–Kier alpha value is -2.21. The van der Waals surface area contributed by atoms with Gasteiger partial charge in [0.15, 0.2) is 5.71 Å². The van der Waals surface area contributed by atoms with E-state index in [0.717, 1.165) is 11.1 Å². The number of halogens is 3. The summed E-state index contributed by atoms with van der Waals surface area (Å²) >= 11 is 17.6. The van der Waals surface area contributed by atoms with Gasteiger partial charge in [0.1, 0.15) is 24.0 Å². The van der Waals surface area contributed by atoms with Gasteiger partial charge in [-0.15, -0.1) is 0 Å². The molecule has 0 saturated carbocycles. The zero-order valence-electron chi connectivity index (χ0n) is 14.6. The Labute approximate surface area is 172 Å². The number of ether oxygens (including phenoxy) is 1. The minimum Gasteiger partial charge on any atom is -0.487 e. The Morgan fingerprint density at radius 2 is 1.96 bits per heavy atom. The normalized spacial score (nSPS) is 10.9. The highest BCUT2D eigenvalue weighted by atomic mass is 35.5. The molecule has 0 aromatic heterocycles. The maximum Gasteiger partial charge on any atom is 0.273 e. The van der Waals surface area contributed by atoms with E-state index in [0.29, 0.717) is 16.3 Å². The van der Waals surface area contributed by atoms with E-state index >= 15 is 0 Å². The van der Waals surface area contributed by atoms with Gasteiger partial charge in [-0.3, -0.25) is 4.79 Å². The average Bonchev–Trinajstić information content (AvgIpc) is 2.65. The molecule has 0 bridgehead atoms. The first kappa shape index (κ1) is 21.1. The fraction of sp³-hybridized carbons (Fsp3) is 0.158. The van der Waals surface area contributed by atoms with Crippen LogP contribution in [0.4, 0.5) is 0 Å². The third-order valence-corrected chi connectivity index (χ3v) is 4.03. The van der Waals surface area contributed by atoms with Gasteiger partial charge in [0.25, 0.3) is 5.91 Å². The lowest BCUT2D eigenvalue weighted by Crippen LogP contribution is -2.29. The van der Waals surface area contributed by atoms with Crippen molar-refractivity contribution in [1.82, 2.24) is 5.32 Å². The van der Waals surface area contributed by atoms with Crippen molar-refractivity contribution >= 4 is 52.5 Å². The molecule has 142 valence electrons. The zero-order chi connectivity index (χ0) is 19.8. The van der Waals surface area contributed by atoms with Crippen LogP contribution in [0.25, 0.3) is 6.08 Å². The van der Waals surface area contributed by atoms with E-state index in [1.807, 2.05) is 12.1 Å². The first-order valence-corrected chi connectivity index (χ1v) is 8.96. The van der Waals surface area contributed by atoms with Crippen molar-refractivity contribution in [3.8, 4) is 5.75 Å². The minimum absolute atomic E-state index is 0.132. The van der Waals surface area contributed by atoms with Crippen molar-refractivity contribution in [1.29, 1.82) is 0 Å². The minimum atomic E-state index is -0.364. The number of likely N-dealkylation sites (N-methyl/N-ethyl adjacent to an activating group) is 1. The van der Waals surface area contributed by atoms with Crippen LogP contribution in [0.1, 0.15) is 16.7 Å². The Morgan fingerprint density at radius 1 is 1.22 bits per heavy atom. The Morgan fingerprint density at radius 3 is 2.59 bits per heavy atom. The van der Waals surface area contributed by atoms with Crippen LogP contribution >= 0.6 is 34.8 Å². The predicted molar refractivity (Wildman–Crippen MR) is 110 cm³/mol. The first-order valence-electron chi connectivity index (χ1n) is 7.82. The number of nitrogens with zero attached hydrogens (tertiary/aromatic N) is 1. The second kappa shape index (κ2) is 10.2. The largest absolute Gasteiger partial charge is 0.487 e. The molecule has 2 aromatic carbocycles. The Bertz CT molecular complexity index is 878. The molecule has 0 heterocycles. The number of rotatable bonds is 7. The van der Waals surface area contributed by atoms with Gasteiger partial charge in [-0.25, -0.2) is 0 Å². The summed E-state index contributed by atoms with van der Waals surface area (Å²) in [7, 11) is 2.90. The smallest absolute Gasteiger partial charge is 0.273 e. The molecule has 0 saturated heterocycles. The molecular weight excluding hydrogens is 411 g/mol. The molecule has 0 atom stereocenters. The molecule has 5 nitrogen and oxygen atoms in total. The van der Waals surface area contributed by atoms with E-state index in [1.54, 1.807) is 36.4 Å². The highest BCUT2D eigenvalue weighted by Crippen LogP contribution is 2.28. The van der Waals surface area contributed by atoms with E-state index in [1.165, 1.54) is 14.2 Å². The summed E-state index contributed by atoms with van der Waals surface area (Å²) in [6.45, 7) is 0.182. The topological polar surface area (TPSA) is 59.9 Å². The van der Waals surface area contributed by atoms with Crippen molar-refractivity contribution < 1.29 is 14.4 Å². The lowest BCUT2D eigenvalue weighted by atomic mass is 10.0.